The number of nitrogens with zero attached hydrogens (tertiary/aromatic N) is 6. The number of hydrogen-bond donors (Lipinski definition) is 0. The van der Waals surface area contributed by atoms with Gasteiger partial charge < -0.3 is 9.80 Å². The average molecular weight is 402 g/mol. The number of hydrogen-bond acceptors (Lipinski definition) is 7. The second-order valence-corrected chi connectivity index (χ2v) is 8.15. The van der Waals surface area contributed by atoms with Crippen LogP contribution in [0.25, 0.3) is 10.7 Å². The topological polar surface area (TPSA) is 86.0 Å². The first-order valence-corrected chi connectivity index (χ1v) is 10.4. The second kappa shape index (κ2) is 7.26. The van der Waals surface area contributed by atoms with Crippen molar-refractivity contribution in [3.05, 3.63) is 59.4 Å². The van der Waals surface area contributed by atoms with Crippen molar-refractivity contribution in [2.45, 2.75) is 24.9 Å². The average Bonchev–Trinajstić information content (AvgIpc) is 3.39. The molecule has 0 N–H and O–H groups in total. The lowest BCUT2D eigenvalue weighted by molar-refractivity contribution is 0.0718. The van der Waals surface area contributed by atoms with Crippen LogP contribution in [-0.4, -0.2) is 50.9 Å². The molecule has 0 aromatic carbocycles. The molecule has 3 aromatic rings. The van der Waals surface area contributed by atoms with Crippen LogP contribution in [0.15, 0.2) is 48.2 Å². The summed E-state index contributed by atoms with van der Waals surface area (Å²) >= 11 is 1.48. The van der Waals surface area contributed by atoms with E-state index in [-0.39, 0.29) is 18.0 Å². The largest absolute Gasteiger partial charge is 0.347 e. The Balaban J connectivity index is 1.41. The van der Waals surface area contributed by atoms with Crippen molar-refractivity contribution in [2.24, 2.45) is 0 Å². The Morgan fingerprint density at radius 2 is 1.93 bits per heavy atom. The summed E-state index contributed by atoms with van der Waals surface area (Å²) < 4.78 is 0. The molecule has 1 amide bonds. The number of fused-ring (bicyclic) bond motifs is 2. The van der Waals surface area contributed by atoms with Gasteiger partial charge in [0.15, 0.2) is 0 Å². The standard InChI is InChI=1S/C21H18N6OS/c22-11-14-5-7-23-18(10-14)27-15-3-4-16(27)13-26(12-15)21(28)17-2-1-6-24-19(17)20-25-8-9-29-20/h1-2,5-10,15-16H,3-4,12-13H2. The van der Waals surface area contributed by atoms with E-state index in [1.54, 1.807) is 30.7 Å². The van der Waals surface area contributed by atoms with Crippen LogP contribution in [0.2, 0.25) is 0 Å². The Kier molecular flexibility index (Phi) is 4.45. The van der Waals surface area contributed by atoms with E-state index in [4.69, 9.17) is 0 Å². The third-order valence-electron chi connectivity index (χ3n) is 5.58. The van der Waals surface area contributed by atoms with Crippen molar-refractivity contribution < 1.29 is 4.79 Å². The van der Waals surface area contributed by atoms with Gasteiger partial charge in [-0.15, -0.1) is 11.3 Å². The Morgan fingerprint density at radius 1 is 1.10 bits per heavy atom. The van der Waals surface area contributed by atoms with Crippen LogP contribution < -0.4 is 4.90 Å². The Bertz CT molecular complexity index is 1080. The Morgan fingerprint density at radius 3 is 2.66 bits per heavy atom. The number of rotatable bonds is 3. The monoisotopic (exact) mass is 402 g/mol. The predicted octanol–water partition coefficient (Wildman–Crippen LogP) is 2.97. The van der Waals surface area contributed by atoms with Crippen LogP contribution in [0.3, 0.4) is 0 Å². The van der Waals surface area contributed by atoms with E-state index < -0.39 is 0 Å². The van der Waals surface area contributed by atoms with E-state index >= 15 is 0 Å². The van der Waals surface area contributed by atoms with Crippen LogP contribution in [-0.2, 0) is 0 Å². The van der Waals surface area contributed by atoms with Gasteiger partial charge in [0.1, 0.15) is 16.5 Å². The summed E-state index contributed by atoms with van der Waals surface area (Å²) in [6.07, 6.45) is 7.13. The lowest BCUT2D eigenvalue weighted by Gasteiger charge is -2.42. The number of piperazine rings is 1. The molecule has 2 unspecified atom stereocenters. The van der Waals surface area contributed by atoms with Crippen molar-refractivity contribution in [3.8, 4) is 16.8 Å². The van der Waals surface area contributed by atoms with Crippen molar-refractivity contribution in [1.82, 2.24) is 19.9 Å². The molecule has 2 fully saturated rings. The molecule has 0 spiro atoms. The van der Waals surface area contributed by atoms with Gasteiger partial charge in [-0.05, 0) is 37.1 Å². The molecule has 144 valence electrons. The van der Waals surface area contributed by atoms with Gasteiger partial charge in [0.25, 0.3) is 5.91 Å². The van der Waals surface area contributed by atoms with Gasteiger partial charge in [-0.25, -0.2) is 9.97 Å². The number of likely N-dealkylation sites (tertiary alicyclic amines) is 1. The van der Waals surface area contributed by atoms with Crippen LogP contribution in [0.5, 0.6) is 0 Å². The maximum atomic E-state index is 13.4. The van der Waals surface area contributed by atoms with Gasteiger partial charge >= 0.3 is 0 Å². The number of nitriles is 1. The molecule has 2 aliphatic rings. The van der Waals surface area contributed by atoms with E-state index in [9.17, 15) is 10.1 Å². The fourth-order valence-electron chi connectivity index (χ4n) is 4.33. The van der Waals surface area contributed by atoms with Crippen LogP contribution in [0.1, 0.15) is 28.8 Å². The molecule has 5 rings (SSSR count). The van der Waals surface area contributed by atoms with Crippen LogP contribution in [0, 0.1) is 11.3 Å². The third kappa shape index (κ3) is 3.13. The first-order chi connectivity index (χ1) is 14.2. The second-order valence-electron chi connectivity index (χ2n) is 7.25. The highest BCUT2D eigenvalue weighted by molar-refractivity contribution is 7.13. The summed E-state index contributed by atoms with van der Waals surface area (Å²) in [5, 5.41) is 11.8. The Hall–Kier alpha value is -3.31. The number of anilines is 1. The van der Waals surface area contributed by atoms with Gasteiger partial charge in [0, 0.05) is 49.1 Å². The SMILES string of the molecule is N#Cc1ccnc(N2C3CCC2CN(C(=O)c2cccnc2-c2nccs2)C3)c1. The summed E-state index contributed by atoms with van der Waals surface area (Å²) in [5.41, 5.74) is 1.85. The minimum absolute atomic E-state index is 0.00131. The number of carbonyl (C=O) groups is 1. The lowest BCUT2D eigenvalue weighted by Crippen LogP contribution is -2.55. The normalized spacial score (nSPS) is 20.5. The molecule has 8 heteroatoms. The number of amides is 1. The van der Waals surface area contributed by atoms with Crippen molar-refractivity contribution in [2.75, 3.05) is 18.0 Å². The van der Waals surface area contributed by atoms with Crippen molar-refractivity contribution in [1.29, 1.82) is 5.26 Å². The molecular weight excluding hydrogens is 384 g/mol. The first kappa shape index (κ1) is 17.8. The van der Waals surface area contributed by atoms with E-state index in [1.807, 2.05) is 22.4 Å². The molecular formula is C21H18N6OS. The first-order valence-electron chi connectivity index (χ1n) is 9.53. The predicted molar refractivity (Wildman–Crippen MR) is 109 cm³/mol. The molecule has 2 atom stereocenters. The highest BCUT2D eigenvalue weighted by atomic mass is 32.1. The maximum Gasteiger partial charge on any atom is 0.256 e. The highest BCUT2D eigenvalue weighted by Crippen LogP contribution is 2.35. The molecule has 0 radical (unpaired) electrons. The minimum Gasteiger partial charge on any atom is -0.347 e. The van der Waals surface area contributed by atoms with Crippen molar-refractivity contribution in [3.63, 3.8) is 0 Å². The van der Waals surface area contributed by atoms with E-state index in [0.717, 1.165) is 23.7 Å². The van der Waals surface area contributed by atoms with Gasteiger partial charge in [0.2, 0.25) is 0 Å². The summed E-state index contributed by atoms with van der Waals surface area (Å²) in [4.78, 5) is 30.8. The smallest absolute Gasteiger partial charge is 0.256 e. The number of aromatic nitrogens is 3. The van der Waals surface area contributed by atoms with Gasteiger partial charge in [-0.1, -0.05) is 0 Å². The van der Waals surface area contributed by atoms with Gasteiger partial charge in [-0.3, -0.25) is 9.78 Å². The molecule has 0 saturated carbocycles. The molecule has 3 aromatic heterocycles. The van der Waals surface area contributed by atoms with Gasteiger partial charge in [0.05, 0.1) is 17.2 Å². The molecule has 2 aliphatic heterocycles. The third-order valence-corrected chi connectivity index (χ3v) is 6.36. The molecule has 2 saturated heterocycles. The lowest BCUT2D eigenvalue weighted by atomic mass is 10.1. The van der Waals surface area contributed by atoms with Crippen LogP contribution in [0.4, 0.5) is 5.82 Å². The van der Waals surface area contributed by atoms with E-state index in [0.29, 0.717) is 29.9 Å². The number of carbonyl (C=O) groups excluding carboxylic acids is 1. The van der Waals surface area contributed by atoms with E-state index in [1.165, 1.54) is 11.3 Å². The minimum atomic E-state index is -0.00131. The number of thiazole rings is 1. The van der Waals surface area contributed by atoms with Crippen molar-refractivity contribution >= 4 is 23.1 Å². The van der Waals surface area contributed by atoms with E-state index in [2.05, 4.69) is 25.9 Å². The molecule has 2 bridgehead atoms. The quantitative estimate of drug-likeness (QED) is 0.669. The maximum absolute atomic E-state index is 13.4. The summed E-state index contributed by atoms with van der Waals surface area (Å²) in [6, 6.07) is 9.78. The molecule has 29 heavy (non-hydrogen) atoms. The summed E-state index contributed by atoms with van der Waals surface area (Å²) in [7, 11) is 0. The Labute approximate surface area is 172 Å². The summed E-state index contributed by atoms with van der Waals surface area (Å²) in [5.74, 6) is 0.826. The molecule has 0 aliphatic carbocycles. The molecule has 7 nitrogen and oxygen atoms in total. The highest BCUT2D eigenvalue weighted by Gasteiger charge is 2.42. The zero-order valence-electron chi connectivity index (χ0n) is 15.6. The summed E-state index contributed by atoms with van der Waals surface area (Å²) in [6.45, 7) is 1.28. The number of pyridine rings is 2. The van der Waals surface area contributed by atoms with Gasteiger partial charge in [-0.2, -0.15) is 5.26 Å². The van der Waals surface area contributed by atoms with Crippen LogP contribution >= 0.6 is 11.3 Å². The fourth-order valence-corrected chi connectivity index (χ4v) is 4.98. The fraction of sp³-hybridized carbons (Fsp3) is 0.286. The zero-order chi connectivity index (χ0) is 19.8. The molecule has 5 heterocycles. The zero-order valence-corrected chi connectivity index (χ0v) is 16.4.